The Labute approximate surface area is 156 Å². The van der Waals surface area contributed by atoms with Crippen molar-refractivity contribution in [2.45, 2.75) is 31.3 Å². The fraction of sp³-hybridized carbons (Fsp3) is 0.611. The predicted octanol–water partition coefficient (Wildman–Crippen LogP) is 0.650. The normalized spacial score (nSPS) is 26.0. The molecule has 1 aromatic rings. The number of rotatable bonds is 4. The summed E-state index contributed by atoms with van der Waals surface area (Å²) in [7, 11) is 0.116. The van der Waals surface area contributed by atoms with Crippen LogP contribution >= 0.6 is 0 Å². The van der Waals surface area contributed by atoms with Crippen LogP contribution in [0.15, 0.2) is 30.3 Å². The minimum absolute atomic E-state index is 0.0523. The van der Waals surface area contributed by atoms with Gasteiger partial charge in [-0.15, -0.1) is 0 Å². The van der Waals surface area contributed by atoms with Crippen molar-refractivity contribution in [3.63, 3.8) is 0 Å². The monoisotopic (exact) mass is 380 g/mol. The zero-order chi connectivity index (χ0) is 18.8. The van der Waals surface area contributed by atoms with E-state index in [1.54, 1.807) is 11.4 Å². The molecular weight excluding hydrogens is 352 g/mol. The van der Waals surface area contributed by atoms with Crippen molar-refractivity contribution in [3.05, 3.63) is 35.9 Å². The average molecular weight is 381 g/mol. The van der Waals surface area contributed by atoms with Crippen molar-refractivity contribution in [1.82, 2.24) is 18.8 Å². The molecule has 7 nitrogen and oxygen atoms in total. The largest absolute Gasteiger partial charge is 0.356 e. The molecule has 1 aromatic carbocycles. The standard InChI is InChI=1S/C18H28N4O3S/c1-20-12-13-22(15-18(20)9-8-17(23)19-11-10-18)26(24,25)21(2)14-16-6-4-3-5-7-16/h3-7H,8-15H2,1-2H3,(H,19,23)/t18-/m0/s1. The molecule has 2 saturated heterocycles. The third-order valence-electron chi connectivity index (χ3n) is 5.66. The molecule has 3 rings (SSSR count). The molecule has 1 amide bonds. The lowest BCUT2D eigenvalue weighted by atomic mass is 9.87. The van der Waals surface area contributed by atoms with Crippen LogP contribution in [0.3, 0.4) is 0 Å². The highest BCUT2D eigenvalue weighted by molar-refractivity contribution is 7.86. The average Bonchev–Trinajstić information content (AvgIpc) is 2.80. The maximum atomic E-state index is 13.1. The van der Waals surface area contributed by atoms with Crippen molar-refractivity contribution in [3.8, 4) is 0 Å². The number of piperazine rings is 1. The van der Waals surface area contributed by atoms with Gasteiger partial charge in [0.15, 0.2) is 0 Å². The number of amides is 1. The van der Waals surface area contributed by atoms with Crippen LogP contribution in [0.5, 0.6) is 0 Å². The minimum atomic E-state index is -3.55. The van der Waals surface area contributed by atoms with Crippen molar-refractivity contribution in [2.24, 2.45) is 0 Å². The molecule has 1 spiro atoms. The summed E-state index contributed by atoms with van der Waals surface area (Å²) in [5.41, 5.74) is 0.685. The number of hydrogen-bond donors (Lipinski definition) is 1. The molecular formula is C18H28N4O3S. The summed E-state index contributed by atoms with van der Waals surface area (Å²) in [5, 5.41) is 2.90. The lowest BCUT2D eigenvalue weighted by Gasteiger charge is -2.49. The third-order valence-corrected chi connectivity index (χ3v) is 7.54. The fourth-order valence-corrected chi connectivity index (χ4v) is 5.30. The summed E-state index contributed by atoms with van der Waals surface area (Å²) in [4.78, 5) is 14.0. The summed E-state index contributed by atoms with van der Waals surface area (Å²) < 4.78 is 29.3. The number of carbonyl (C=O) groups is 1. The van der Waals surface area contributed by atoms with Gasteiger partial charge in [0.25, 0.3) is 10.2 Å². The minimum Gasteiger partial charge on any atom is -0.356 e. The van der Waals surface area contributed by atoms with E-state index in [1.807, 2.05) is 37.4 Å². The van der Waals surface area contributed by atoms with E-state index in [-0.39, 0.29) is 11.4 Å². The first-order valence-corrected chi connectivity index (χ1v) is 10.5. The molecule has 2 heterocycles. The van der Waals surface area contributed by atoms with Crippen LogP contribution in [0.4, 0.5) is 0 Å². The number of nitrogens with one attached hydrogen (secondary N) is 1. The molecule has 0 saturated carbocycles. The van der Waals surface area contributed by atoms with Crippen LogP contribution in [0, 0.1) is 0 Å². The first kappa shape index (κ1) is 19.3. The van der Waals surface area contributed by atoms with Gasteiger partial charge in [-0.05, 0) is 25.5 Å². The second kappa shape index (κ2) is 7.64. The Balaban J connectivity index is 1.76. The van der Waals surface area contributed by atoms with Gasteiger partial charge in [-0.1, -0.05) is 30.3 Å². The topological polar surface area (TPSA) is 73.0 Å². The van der Waals surface area contributed by atoms with E-state index in [0.29, 0.717) is 45.6 Å². The van der Waals surface area contributed by atoms with Crippen LogP contribution < -0.4 is 5.32 Å². The highest BCUT2D eigenvalue weighted by Crippen LogP contribution is 2.32. The van der Waals surface area contributed by atoms with Gasteiger partial charge in [0, 0.05) is 51.7 Å². The highest BCUT2D eigenvalue weighted by Gasteiger charge is 2.44. The number of benzene rings is 1. The van der Waals surface area contributed by atoms with Gasteiger partial charge in [-0.3, -0.25) is 9.69 Å². The molecule has 0 radical (unpaired) electrons. The molecule has 26 heavy (non-hydrogen) atoms. The van der Waals surface area contributed by atoms with Crippen LogP contribution in [-0.4, -0.2) is 73.6 Å². The lowest BCUT2D eigenvalue weighted by molar-refractivity contribution is -0.121. The molecule has 0 bridgehead atoms. The molecule has 2 aliphatic heterocycles. The Hall–Kier alpha value is -1.48. The second-order valence-electron chi connectivity index (χ2n) is 7.33. The Morgan fingerprint density at radius 1 is 1.19 bits per heavy atom. The molecule has 0 aliphatic carbocycles. The lowest BCUT2D eigenvalue weighted by Crippen LogP contribution is -2.63. The van der Waals surface area contributed by atoms with Gasteiger partial charge in [-0.25, -0.2) is 0 Å². The predicted molar refractivity (Wildman–Crippen MR) is 101 cm³/mol. The maximum Gasteiger partial charge on any atom is 0.282 e. The van der Waals surface area contributed by atoms with Crippen molar-refractivity contribution in [1.29, 1.82) is 0 Å². The van der Waals surface area contributed by atoms with E-state index < -0.39 is 10.2 Å². The second-order valence-corrected chi connectivity index (χ2v) is 9.36. The Bertz CT molecular complexity index is 740. The third kappa shape index (κ3) is 3.93. The van der Waals surface area contributed by atoms with E-state index in [4.69, 9.17) is 0 Å². The van der Waals surface area contributed by atoms with Crippen molar-refractivity contribution < 1.29 is 13.2 Å². The van der Waals surface area contributed by atoms with Crippen LogP contribution in [0.2, 0.25) is 0 Å². The molecule has 0 unspecified atom stereocenters. The van der Waals surface area contributed by atoms with Crippen LogP contribution in [0.25, 0.3) is 0 Å². The van der Waals surface area contributed by atoms with E-state index >= 15 is 0 Å². The number of hydrogen-bond acceptors (Lipinski definition) is 4. The molecule has 1 N–H and O–H groups in total. The Morgan fingerprint density at radius 3 is 2.65 bits per heavy atom. The Kier molecular flexibility index (Phi) is 5.67. The fourth-order valence-electron chi connectivity index (χ4n) is 3.88. The molecule has 8 heteroatoms. The quantitative estimate of drug-likeness (QED) is 0.832. The Morgan fingerprint density at radius 2 is 1.92 bits per heavy atom. The molecule has 2 aliphatic rings. The van der Waals surface area contributed by atoms with Gasteiger partial charge in [0.1, 0.15) is 0 Å². The van der Waals surface area contributed by atoms with Crippen LogP contribution in [-0.2, 0) is 21.5 Å². The van der Waals surface area contributed by atoms with E-state index in [0.717, 1.165) is 12.0 Å². The summed E-state index contributed by atoms with van der Waals surface area (Å²) in [6.07, 6.45) is 1.89. The highest BCUT2D eigenvalue weighted by atomic mass is 32.2. The molecule has 0 aromatic heterocycles. The maximum absolute atomic E-state index is 13.1. The first-order chi connectivity index (χ1) is 12.3. The molecule has 2 fully saturated rings. The van der Waals surface area contributed by atoms with E-state index in [9.17, 15) is 13.2 Å². The molecule has 1 atom stereocenters. The zero-order valence-corrected chi connectivity index (χ0v) is 16.3. The first-order valence-electron chi connectivity index (χ1n) is 9.07. The summed E-state index contributed by atoms with van der Waals surface area (Å²) in [5.74, 6) is 0.0523. The number of nitrogens with zero attached hydrogens (tertiary/aromatic N) is 3. The van der Waals surface area contributed by atoms with Gasteiger partial charge in [-0.2, -0.15) is 17.0 Å². The van der Waals surface area contributed by atoms with Gasteiger partial charge < -0.3 is 5.32 Å². The SMILES string of the molecule is CN1CCN(S(=O)(=O)N(C)Cc2ccccc2)C[C@]12CCNC(=O)CC2. The van der Waals surface area contributed by atoms with Gasteiger partial charge in [0.2, 0.25) is 5.91 Å². The van der Waals surface area contributed by atoms with E-state index in [2.05, 4.69) is 10.2 Å². The smallest absolute Gasteiger partial charge is 0.282 e. The molecule has 144 valence electrons. The van der Waals surface area contributed by atoms with Gasteiger partial charge >= 0.3 is 0 Å². The number of carbonyl (C=O) groups excluding carboxylic acids is 1. The zero-order valence-electron chi connectivity index (χ0n) is 15.5. The summed E-state index contributed by atoms with van der Waals surface area (Å²) >= 11 is 0. The van der Waals surface area contributed by atoms with Crippen molar-refractivity contribution in [2.75, 3.05) is 40.3 Å². The van der Waals surface area contributed by atoms with Gasteiger partial charge in [0.05, 0.1) is 0 Å². The number of likely N-dealkylation sites (N-methyl/N-ethyl adjacent to an activating group) is 1. The van der Waals surface area contributed by atoms with E-state index in [1.165, 1.54) is 4.31 Å². The summed E-state index contributed by atoms with van der Waals surface area (Å²) in [6, 6.07) is 9.61. The van der Waals surface area contributed by atoms with Crippen LogP contribution in [0.1, 0.15) is 24.8 Å². The van der Waals surface area contributed by atoms with Crippen molar-refractivity contribution >= 4 is 16.1 Å². The summed E-state index contributed by atoms with van der Waals surface area (Å²) in [6.45, 7) is 2.52.